The van der Waals surface area contributed by atoms with Crippen LogP contribution in [0.15, 0.2) is 12.1 Å². The minimum atomic E-state index is -0.463. The van der Waals surface area contributed by atoms with Crippen molar-refractivity contribution in [1.29, 1.82) is 0 Å². The molecule has 104 valence electrons. The van der Waals surface area contributed by atoms with E-state index < -0.39 is 10.5 Å². The van der Waals surface area contributed by atoms with Crippen LogP contribution in [0.4, 0.5) is 17.3 Å². The first kappa shape index (κ1) is 13.5. The third kappa shape index (κ3) is 2.76. The van der Waals surface area contributed by atoms with Crippen molar-refractivity contribution in [3.63, 3.8) is 0 Å². The lowest BCUT2D eigenvalue weighted by molar-refractivity contribution is -0.384. The number of nitrogens with one attached hydrogen (secondary N) is 2. The monoisotopic (exact) mass is 266 g/mol. The summed E-state index contributed by atoms with van der Waals surface area (Å²) in [6, 6.07) is 3.01. The van der Waals surface area contributed by atoms with E-state index in [0.29, 0.717) is 12.4 Å². The van der Waals surface area contributed by atoms with Gasteiger partial charge in [-0.05, 0) is 32.3 Å². The average Bonchev–Trinajstić information content (AvgIpc) is 2.34. The fraction of sp³-hybridized carbons (Fsp3) is 0.583. The zero-order chi connectivity index (χ0) is 13.9. The molecule has 0 aromatic carbocycles. The standard InChI is InChI=1S/C12H18N4O3/c1-2-13-10-5-4-9(16(18)19)11(14-10)15-12(8-17)6-3-7-12/h4-5,17H,2-3,6-8H2,1H3,(H2,13,14,15). The summed E-state index contributed by atoms with van der Waals surface area (Å²) in [5.41, 5.74) is -0.524. The summed E-state index contributed by atoms with van der Waals surface area (Å²) in [6.07, 6.45) is 2.61. The van der Waals surface area contributed by atoms with Gasteiger partial charge in [0.15, 0.2) is 0 Å². The Labute approximate surface area is 111 Å². The molecule has 7 heteroatoms. The minimum Gasteiger partial charge on any atom is -0.394 e. The van der Waals surface area contributed by atoms with Gasteiger partial charge in [-0.1, -0.05) is 0 Å². The molecule has 0 atom stereocenters. The predicted octanol–water partition coefficient (Wildman–Crippen LogP) is 1.75. The van der Waals surface area contributed by atoms with Crippen molar-refractivity contribution in [3.05, 3.63) is 22.2 Å². The van der Waals surface area contributed by atoms with Crippen molar-refractivity contribution >= 4 is 17.3 Å². The van der Waals surface area contributed by atoms with E-state index in [1.165, 1.54) is 6.07 Å². The number of aliphatic hydroxyl groups is 1. The maximum Gasteiger partial charge on any atom is 0.311 e. The van der Waals surface area contributed by atoms with Gasteiger partial charge in [-0.3, -0.25) is 10.1 Å². The third-order valence-corrected chi connectivity index (χ3v) is 3.43. The van der Waals surface area contributed by atoms with Gasteiger partial charge in [0.1, 0.15) is 5.82 Å². The Hall–Kier alpha value is -1.89. The fourth-order valence-corrected chi connectivity index (χ4v) is 2.15. The molecule has 0 radical (unpaired) electrons. The molecule has 0 spiro atoms. The van der Waals surface area contributed by atoms with E-state index in [1.54, 1.807) is 6.07 Å². The van der Waals surface area contributed by atoms with E-state index in [2.05, 4.69) is 15.6 Å². The highest BCUT2D eigenvalue weighted by molar-refractivity contribution is 5.61. The first-order valence-electron chi connectivity index (χ1n) is 6.38. The zero-order valence-corrected chi connectivity index (χ0v) is 10.8. The van der Waals surface area contributed by atoms with E-state index in [9.17, 15) is 15.2 Å². The molecule has 1 aliphatic rings. The number of nitro groups is 1. The number of nitrogens with zero attached hydrogens (tertiary/aromatic N) is 2. The van der Waals surface area contributed by atoms with Crippen LogP contribution in [-0.4, -0.2) is 33.7 Å². The second kappa shape index (κ2) is 5.40. The van der Waals surface area contributed by atoms with Crippen LogP contribution in [-0.2, 0) is 0 Å². The van der Waals surface area contributed by atoms with Crippen LogP contribution in [0.5, 0.6) is 0 Å². The van der Waals surface area contributed by atoms with Crippen LogP contribution in [0.3, 0.4) is 0 Å². The van der Waals surface area contributed by atoms with Gasteiger partial charge in [-0.2, -0.15) is 0 Å². The van der Waals surface area contributed by atoms with Crippen molar-refractivity contribution < 1.29 is 10.0 Å². The van der Waals surface area contributed by atoms with E-state index >= 15 is 0 Å². The van der Waals surface area contributed by atoms with Gasteiger partial charge >= 0.3 is 5.69 Å². The lowest BCUT2D eigenvalue weighted by Gasteiger charge is -2.41. The molecule has 1 aromatic heterocycles. The van der Waals surface area contributed by atoms with Gasteiger partial charge < -0.3 is 15.7 Å². The highest BCUT2D eigenvalue weighted by atomic mass is 16.6. The van der Waals surface area contributed by atoms with Crippen LogP contribution >= 0.6 is 0 Å². The van der Waals surface area contributed by atoms with Crippen molar-refractivity contribution in [3.8, 4) is 0 Å². The Morgan fingerprint density at radius 1 is 1.53 bits per heavy atom. The van der Waals surface area contributed by atoms with Gasteiger partial charge in [0.25, 0.3) is 0 Å². The predicted molar refractivity (Wildman–Crippen MR) is 72.3 cm³/mol. The lowest BCUT2D eigenvalue weighted by Crippen LogP contribution is -2.48. The topological polar surface area (TPSA) is 100 Å². The van der Waals surface area contributed by atoms with E-state index in [4.69, 9.17) is 0 Å². The molecular weight excluding hydrogens is 248 g/mol. The first-order chi connectivity index (χ1) is 9.10. The van der Waals surface area contributed by atoms with E-state index in [1.807, 2.05) is 6.92 Å². The molecule has 1 saturated carbocycles. The minimum absolute atomic E-state index is 0.0444. The summed E-state index contributed by atoms with van der Waals surface area (Å²) in [5.74, 6) is 0.806. The van der Waals surface area contributed by atoms with Gasteiger partial charge in [0, 0.05) is 12.6 Å². The number of anilines is 2. The third-order valence-electron chi connectivity index (χ3n) is 3.43. The molecular formula is C12H18N4O3. The van der Waals surface area contributed by atoms with Crippen LogP contribution in [0.2, 0.25) is 0 Å². The Morgan fingerprint density at radius 2 is 2.26 bits per heavy atom. The number of hydrogen-bond acceptors (Lipinski definition) is 6. The molecule has 0 amide bonds. The summed E-state index contributed by atoms with van der Waals surface area (Å²) < 4.78 is 0. The summed E-state index contributed by atoms with van der Waals surface area (Å²) in [4.78, 5) is 14.8. The molecule has 0 saturated heterocycles. The molecule has 1 aliphatic carbocycles. The molecule has 1 fully saturated rings. The molecule has 0 aliphatic heterocycles. The summed E-state index contributed by atoms with van der Waals surface area (Å²) in [5, 5.41) is 26.5. The van der Waals surface area contributed by atoms with Crippen molar-refractivity contribution in [2.45, 2.75) is 31.7 Å². The summed E-state index contributed by atoms with van der Waals surface area (Å²) in [6.45, 7) is 2.57. The Kier molecular flexibility index (Phi) is 3.84. The van der Waals surface area contributed by atoms with Crippen molar-refractivity contribution in [2.24, 2.45) is 0 Å². The number of rotatable bonds is 6. The zero-order valence-electron chi connectivity index (χ0n) is 10.8. The van der Waals surface area contributed by atoms with Crippen LogP contribution < -0.4 is 10.6 Å². The van der Waals surface area contributed by atoms with Gasteiger partial charge in [0.05, 0.1) is 17.1 Å². The normalized spacial score (nSPS) is 16.5. The van der Waals surface area contributed by atoms with Crippen LogP contribution in [0.25, 0.3) is 0 Å². The number of aromatic nitrogens is 1. The lowest BCUT2D eigenvalue weighted by atomic mass is 9.77. The highest BCUT2D eigenvalue weighted by Crippen LogP contribution is 2.37. The Bertz CT molecular complexity index is 469. The molecule has 7 nitrogen and oxygen atoms in total. The Balaban J connectivity index is 2.29. The van der Waals surface area contributed by atoms with Gasteiger partial charge in [-0.25, -0.2) is 4.98 Å². The Morgan fingerprint density at radius 3 is 2.74 bits per heavy atom. The molecule has 1 heterocycles. The number of aliphatic hydroxyl groups excluding tert-OH is 1. The summed E-state index contributed by atoms with van der Waals surface area (Å²) >= 11 is 0. The molecule has 3 N–H and O–H groups in total. The number of hydrogen-bond donors (Lipinski definition) is 3. The van der Waals surface area contributed by atoms with Gasteiger partial charge in [-0.15, -0.1) is 0 Å². The van der Waals surface area contributed by atoms with E-state index in [0.717, 1.165) is 19.3 Å². The highest BCUT2D eigenvalue weighted by Gasteiger charge is 2.38. The summed E-state index contributed by atoms with van der Waals surface area (Å²) in [7, 11) is 0. The first-order valence-corrected chi connectivity index (χ1v) is 6.38. The second-order valence-electron chi connectivity index (χ2n) is 4.77. The molecule has 2 rings (SSSR count). The molecule has 0 bridgehead atoms. The smallest absolute Gasteiger partial charge is 0.311 e. The van der Waals surface area contributed by atoms with Crippen LogP contribution in [0, 0.1) is 10.1 Å². The van der Waals surface area contributed by atoms with Crippen molar-refractivity contribution in [1.82, 2.24) is 4.98 Å². The van der Waals surface area contributed by atoms with Crippen LogP contribution in [0.1, 0.15) is 26.2 Å². The molecule has 0 unspecified atom stereocenters. The number of pyridine rings is 1. The largest absolute Gasteiger partial charge is 0.394 e. The molecule has 1 aromatic rings. The van der Waals surface area contributed by atoms with Gasteiger partial charge in [0.2, 0.25) is 5.82 Å². The second-order valence-corrected chi connectivity index (χ2v) is 4.77. The fourth-order valence-electron chi connectivity index (χ4n) is 2.15. The molecule has 19 heavy (non-hydrogen) atoms. The SMILES string of the molecule is CCNc1ccc([N+](=O)[O-])c(NC2(CO)CCC2)n1. The maximum atomic E-state index is 11.0. The van der Waals surface area contributed by atoms with Crippen molar-refractivity contribution in [2.75, 3.05) is 23.8 Å². The maximum absolute atomic E-state index is 11.0. The average molecular weight is 266 g/mol. The quantitative estimate of drug-likeness (QED) is 0.535. The van der Waals surface area contributed by atoms with E-state index in [-0.39, 0.29) is 18.1 Å².